The highest BCUT2D eigenvalue weighted by Crippen LogP contribution is 2.16. The fraction of sp³-hybridized carbons (Fsp3) is 0.118. The number of carbonyl (C=O) groups excluding carboxylic acids is 1. The number of halogens is 1. The molecule has 2 rings (SSSR count). The Bertz CT molecular complexity index is 858. The van der Waals surface area contributed by atoms with Gasteiger partial charge >= 0.3 is 0 Å². The maximum atomic E-state index is 12.9. The fourth-order valence-corrected chi connectivity index (χ4v) is 2.50. The van der Waals surface area contributed by atoms with Crippen LogP contribution in [0.25, 0.3) is 6.08 Å². The second kappa shape index (κ2) is 7.27. The van der Waals surface area contributed by atoms with Crippen molar-refractivity contribution < 1.29 is 17.6 Å². The predicted molar refractivity (Wildman–Crippen MR) is 93.6 cm³/mol. The van der Waals surface area contributed by atoms with Crippen molar-refractivity contribution in [3.05, 3.63) is 65.5 Å². The molecule has 2 aromatic carbocycles. The molecule has 0 radical (unpaired) electrons. The van der Waals surface area contributed by atoms with Gasteiger partial charge in [-0.2, -0.15) is 0 Å². The Hall–Kier alpha value is -2.67. The van der Waals surface area contributed by atoms with Crippen molar-refractivity contribution in [2.75, 3.05) is 16.3 Å². The van der Waals surface area contributed by atoms with Crippen molar-refractivity contribution in [3.8, 4) is 0 Å². The average Bonchev–Trinajstić information content (AvgIpc) is 2.50. The number of rotatable bonds is 5. The van der Waals surface area contributed by atoms with Crippen molar-refractivity contribution in [3.63, 3.8) is 0 Å². The monoisotopic (exact) mass is 348 g/mol. The predicted octanol–water partition coefficient (Wildman–Crippen LogP) is 3.24. The summed E-state index contributed by atoms with van der Waals surface area (Å²) in [7, 11) is -3.34. The van der Waals surface area contributed by atoms with Gasteiger partial charge in [0.15, 0.2) is 0 Å². The van der Waals surface area contributed by atoms with Crippen LogP contribution in [-0.2, 0) is 14.8 Å². The first-order chi connectivity index (χ1) is 11.2. The number of anilines is 2. The number of benzene rings is 2. The SMILES string of the molecule is C/C(=C/c1ccc(F)cc1)C(=O)Nc1ccc(NS(C)(=O)=O)cc1. The summed E-state index contributed by atoms with van der Waals surface area (Å²) in [6.45, 7) is 1.65. The molecule has 0 saturated heterocycles. The summed E-state index contributed by atoms with van der Waals surface area (Å²) in [5.41, 5.74) is 2.12. The molecule has 0 saturated carbocycles. The van der Waals surface area contributed by atoms with Crippen molar-refractivity contribution >= 4 is 33.4 Å². The molecule has 0 aliphatic heterocycles. The summed E-state index contributed by atoms with van der Waals surface area (Å²) in [4.78, 5) is 12.1. The van der Waals surface area contributed by atoms with E-state index in [2.05, 4.69) is 10.0 Å². The van der Waals surface area contributed by atoms with E-state index in [1.54, 1.807) is 49.4 Å². The number of nitrogens with one attached hydrogen (secondary N) is 2. The maximum absolute atomic E-state index is 12.9. The third kappa shape index (κ3) is 5.51. The third-order valence-electron chi connectivity index (χ3n) is 3.06. The van der Waals surface area contributed by atoms with E-state index in [0.29, 0.717) is 16.9 Å². The molecule has 5 nitrogen and oxygen atoms in total. The first-order valence-corrected chi connectivity index (χ1v) is 8.95. The maximum Gasteiger partial charge on any atom is 0.251 e. The number of hydrogen-bond acceptors (Lipinski definition) is 3. The molecule has 0 spiro atoms. The smallest absolute Gasteiger partial charge is 0.251 e. The number of sulfonamides is 1. The number of amides is 1. The second-order valence-corrected chi connectivity index (χ2v) is 7.03. The standard InChI is InChI=1S/C17H17FN2O3S/c1-12(11-13-3-5-14(18)6-4-13)17(21)19-15-7-9-16(10-8-15)20-24(2,22)23/h3-11,20H,1-2H3,(H,19,21)/b12-11-. The lowest BCUT2D eigenvalue weighted by atomic mass is 10.1. The van der Waals surface area contributed by atoms with Gasteiger partial charge in [0.1, 0.15) is 5.82 Å². The summed E-state index contributed by atoms with van der Waals surface area (Å²) in [5, 5.41) is 2.70. The molecule has 2 aromatic rings. The molecule has 0 aliphatic rings. The molecule has 0 unspecified atom stereocenters. The minimum absolute atomic E-state index is 0.303. The van der Waals surface area contributed by atoms with Gasteiger partial charge in [-0.25, -0.2) is 12.8 Å². The highest BCUT2D eigenvalue weighted by molar-refractivity contribution is 7.92. The summed E-state index contributed by atoms with van der Waals surface area (Å²) in [5.74, 6) is -0.639. The highest BCUT2D eigenvalue weighted by Gasteiger charge is 2.06. The first-order valence-electron chi connectivity index (χ1n) is 7.06. The van der Waals surface area contributed by atoms with Crippen LogP contribution in [0.3, 0.4) is 0 Å². The first kappa shape index (κ1) is 17.7. The molecule has 0 fully saturated rings. The molecule has 126 valence electrons. The van der Waals surface area contributed by atoms with E-state index >= 15 is 0 Å². The second-order valence-electron chi connectivity index (χ2n) is 5.28. The van der Waals surface area contributed by atoms with Crippen LogP contribution in [0.2, 0.25) is 0 Å². The Kier molecular flexibility index (Phi) is 5.35. The van der Waals surface area contributed by atoms with Crippen LogP contribution in [0.5, 0.6) is 0 Å². The zero-order valence-corrected chi connectivity index (χ0v) is 14.0. The minimum atomic E-state index is -3.34. The molecule has 1 amide bonds. The average molecular weight is 348 g/mol. The zero-order valence-electron chi connectivity index (χ0n) is 13.2. The summed E-state index contributed by atoms with van der Waals surface area (Å²) in [6.07, 6.45) is 2.71. The summed E-state index contributed by atoms with van der Waals surface area (Å²) >= 11 is 0. The molecule has 24 heavy (non-hydrogen) atoms. The van der Waals surface area contributed by atoms with E-state index in [9.17, 15) is 17.6 Å². The fourth-order valence-electron chi connectivity index (χ4n) is 1.94. The van der Waals surface area contributed by atoms with E-state index in [1.807, 2.05) is 0 Å². The van der Waals surface area contributed by atoms with E-state index in [-0.39, 0.29) is 11.7 Å². The Morgan fingerprint density at radius 2 is 1.54 bits per heavy atom. The lowest BCUT2D eigenvalue weighted by molar-refractivity contribution is -0.112. The normalized spacial score (nSPS) is 11.9. The Labute approximate surface area is 140 Å². The zero-order chi connectivity index (χ0) is 17.7. The van der Waals surface area contributed by atoms with Gasteiger partial charge in [-0.3, -0.25) is 9.52 Å². The van der Waals surface area contributed by atoms with Crippen LogP contribution in [-0.4, -0.2) is 20.6 Å². The molecule has 0 heterocycles. The van der Waals surface area contributed by atoms with E-state index < -0.39 is 10.0 Å². The van der Waals surface area contributed by atoms with E-state index in [0.717, 1.165) is 11.8 Å². The summed E-state index contributed by atoms with van der Waals surface area (Å²) in [6, 6.07) is 12.1. The van der Waals surface area contributed by atoms with E-state index in [4.69, 9.17) is 0 Å². The quantitative estimate of drug-likeness (QED) is 0.815. The Morgan fingerprint density at radius 1 is 1.00 bits per heavy atom. The van der Waals surface area contributed by atoms with Crippen LogP contribution in [0.1, 0.15) is 12.5 Å². The van der Waals surface area contributed by atoms with Crippen molar-refractivity contribution in [1.29, 1.82) is 0 Å². The van der Waals surface area contributed by atoms with Gasteiger partial charge in [-0.05, 0) is 55.0 Å². The summed E-state index contributed by atoms with van der Waals surface area (Å²) < 4.78 is 37.5. The lowest BCUT2D eigenvalue weighted by Gasteiger charge is -2.08. The molecular formula is C17H17FN2O3S. The van der Waals surface area contributed by atoms with Gasteiger partial charge < -0.3 is 5.32 Å². The van der Waals surface area contributed by atoms with Crippen LogP contribution in [0, 0.1) is 5.82 Å². The Balaban J connectivity index is 2.04. The lowest BCUT2D eigenvalue weighted by Crippen LogP contribution is -2.13. The van der Waals surface area contributed by atoms with Gasteiger partial charge in [0, 0.05) is 16.9 Å². The molecule has 0 aliphatic carbocycles. The van der Waals surface area contributed by atoms with Gasteiger partial charge in [0.25, 0.3) is 5.91 Å². The molecule has 2 N–H and O–H groups in total. The largest absolute Gasteiger partial charge is 0.322 e. The highest BCUT2D eigenvalue weighted by atomic mass is 32.2. The topological polar surface area (TPSA) is 75.3 Å². The van der Waals surface area contributed by atoms with Gasteiger partial charge in [0.2, 0.25) is 10.0 Å². The molecule has 7 heteroatoms. The van der Waals surface area contributed by atoms with Crippen LogP contribution < -0.4 is 10.0 Å². The number of hydrogen-bond donors (Lipinski definition) is 2. The number of carbonyl (C=O) groups is 1. The van der Waals surface area contributed by atoms with Gasteiger partial charge in [0.05, 0.1) is 6.26 Å². The van der Waals surface area contributed by atoms with Crippen LogP contribution >= 0.6 is 0 Å². The van der Waals surface area contributed by atoms with Crippen molar-refractivity contribution in [2.24, 2.45) is 0 Å². The molecule has 0 aromatic heterocycles. The van der Waals surface area contributed by atoms with Crippen LogP contribution in [0.4, 0.5) is 15.8 Å². The van der Waals surface area contributed by atoms with Gasteiger partial charge in [-0.15, -0.1) is 0 Å². The Morgan fingerprint density at radius 3 is 2.08 bits per heavy atom. The molecule has 0 bridgehead atoms. The third-order valence-corrected chi connectivity index (χ3v) is 3.66. The van der Waals surface area contributed by atoms with Crippen molar-refractivity contribution in [2.45, 2.75) is 6.92 Å². The van der Waals surface area contributed by atoms with Crippen molar-refractivity contribution in [1.82, 2.24) is 0 Å². The van der Waals surface area contributed by atoms with Gasteiger partial charge in [-0.1, -0.05) is 12.1 Å². The van der Waals surface area contributed by atoms with E-state index in [1.165, 1.54) is 12.1 Å². The minimum Gasteiger partial charge on any atom is -0.322 e. The molecular weight excluding hydrogens is 331 g/mol. The molecule has 0 atom stereocenters. The van der Waals surface area contributed by atoms with Crippen LogP contribution in [0.15, 0.2) is 54.1 Å².